The number of nitrogens with one attached hydrogen (secondary N) is 1. The highest BCUT2D eigenvalue weighted by molar-refractivity contribution is 5.85. The van der Waals surface area contributed by atoms with Crippen LogP contribution in [0.25, 0.3) is 22.3 Å². The minimum Gasteiger partial charge on any atom is -0.466 e. The van der Waals surface area contributed by atoms with E-state index in [1.54, 1.807) is 0 Å². The summed E-state index contributed by atoms with van der Waals surface area (Å²) in [6.07, 6.45) is 4.19. The van der Waals surface area contributed by atoms with E-state index in [9.17, 15) is 0 Å². The Morgan fingerprint density at radius 1 is 1.20 bits per heavy atom. The van der Waals surface area contributed by atoms with Gasteiger partial charge in [-0.2, -0.15) is 0 Å². The average Bonchev–Trinajstić information content (AvgIpc) is 3.09. The molecule has 1 aliphatic rings. The summed E-state index contributed by atoms with van der Waals surface area (Å²) < 4.78 is 5.63. The number of halogens is 1. The van der Waals surface area contributed by atoms with Gasteiger partial charge in [-0.05, 0) is 59.0 Å². The summed E-state index contributed by atoms with van der Waals surface area (Å²) in [6.45, 7) is 6.20. The molecule has 0 aliphatic carbocycles. The minimum absolute atomic E-state index is 0. The van der Waals surface area contributed by atoms with Crippen molar-refractivity contribution in [3.05, 3.63) is 35.7 Å². The lowest BCUT2D eigenvalue weighted by Crippen LogP contribution is -2.29. The number of aromatic amines is 1. The number of rotatable bonds is 2. The van der Waals surface area contributed by atoms with E-state index in [0.29, 0.717) is 5.92 Å². The molecule has 0 aromatic carbocycles. The Labute approximate surface area is 153 Å². The molecule has 7 heteroatoms. The molecule has 0 radical (unpaired) electrons. The van der Waals surface area contributed by atoms with Crippen LogP contribution >= 0.6 is 12.4 Å². The Kier molecular flexibility index (Phi) is 5.87. The van der Waals surface area contributed by atoms with Crippen LogP contribution in [-0.2, 0) is 0 Å². The second-order valence-electron chi connectivity index (χ2n) is 6.61. The van der Waals surface area contributed by atoms with Gasteiger partial charge >= 0.3 is 0 Å². The minimum atomic E-state index is 0. The van der Waals surface area contributed by atoms with Gasteiger partial charge in [-0.3, -0.25) is 0 Å². The molecule has 1 fully saturated rings. The Balaban J connectivity index is 0.00000113. The van der Waals surface area contributed by atoms with Crippen molar-refractivity contribution in [3.63, 3.8) is 0 Å². The van der Waals surface area contributed by atoms with E-state index >= 15 is 0 Å². The molecule has 0 spiro atoms. The molecule has 3 aromatic rings. The van der Waals surface area contributed by atoms with Crippen molar-refractivity contribution < 1.29 is 9.89 Å². The van der Waals surface area contributed by atoms with Gasteiger partial charge in [-0.25, -0.2) is 9.97 Å². The van der Waals surface area contributed by atoms with Crippen molar-refractivity contribution in [2.24, 2.45) is 0 Å². The van der Waals surface area contributed by atoms with Crippen molar-refractivity contribution in [2.75, 3.05) is 20.1 Å². The van der Waals surface area contributed by atoms with Gasteiger partial charge in [-0.1, -0.05) is 0 Å². The molecule has 3 aromatic heterocycles. The zero-order valence-electron chi connectivity index (χ0n) is 14.8. The number of hydrogen-bond donors (Lipinski definition) is 1. The van der Waals surface area contributed by atoms with E-state index < -0.39 is 0 Å². The molecular formula is C18H25ClN4O2. The number of nitrogens with zero attached hydrogens (tertiary/aromatic N) is 3. The Morgan fingerprint density at radius 2 is 1.92 bits per heavy atom. The number of aryl methyl sites for hydroxylation is 2. The number of likely N-dealkylation sites (tertiary alicyclic amines) is 1. The number of furan rings is 1. The lowest BCUT2D eigenvalue weighted by molar-refractivity contribution is 0.251. The second kappa shape index (κ2) is 7.56. The SMILES string of the molecule is Cc1cc(-c2cc3nc(C4CCN(C)CC4)ncc3[nH]2)c(C)o1.Cl.O. The predicted octanol–water partition coefficient (Wildman–Crippen LogP) is 3.24. The molecule has 0 atom stereocenters. The van der Waals surface area contributed by atoms with Crippen molar-refractivity contribution in [3.8, 4) is 11.3 Å². The van der Waals surface area contributed by atoms with E-state index in [1.807, 2.05) is 20.0 Å². The first-order valence-electron chi connectivity index (χ1n) is 8.22. The Hall–Kier alpha value is -1.89. The van der Waals surface area contributed by atoms with Crippen LogP contribution in [0.15, 0.2) is 22.7 Å². The fourth-order valence-electron chi connectivity index (χ4n) is 3.44. The van der Waals surface area contributed by atoms with Crippen LogP contribution in [0.1, 0.15) is 36.1 Å². The smallest absolute Gasteiger partial charge is 0.132 e. The third-order valence-corrected chi connectivity index (χ3v) is 4.80. The predicted molar refractivity (Wildman–Crippen MR) is 101 cm³/mol. The monoisotopic (exact) mass is 364 g/mol. The number of piperidine rings is 1. The highest BCUT2D eigenvalue weighted by atomic mass is 35.5. The largest absolute Gasteiger partial charge is 0.466 e. The molecule has 25 heavy (non-hydrogen) atoms. The molecule has 6 nitrogen and oxygen atoms in total. The quantitative estimate of drug-likeness (QED) is 0.755. The van der Waals surface area contributed by atoms with E-state index in [-0.39, 0.29) is 17.9 Å². The molecule has 0 amide bonds. The zero-order chi connectivity index (χ0) is 16.0. The summed E-state index contributed by atoms with van der Waals surface area (Å²) in [5.41, 5.74) is 4.11. The van der Waals surface area contributed by atoms with E-state index in [0.717, 1.165) is 65.6 Å². The van der Waals surface area contributed by atoms with Crippen molar-refractivity contribution in [2.45, 2.75) is 32.6 Å². The second-order valence-corrected chi connectivity index (χ2v) is 6.61. The molecule has 0 saturated carbocycles. The Bertz CT molecular complexity index is 850. The van der Waals surface area contributed by atoms with Crippen LogP contribution < -0.4 is 0 Å². The lowest BCUT2D eigenvalue weighted by Gasteiger charge is -2.27. The summed E-state index contributed by atoms with van der Waals surface area (Å²) in [5, 5.41) is 0. The molecule has 1 saturated heterocycles. The molecule has 0 unspecified atom stereocenters. The number of aromatic nitrogens is 3. The first kappa shape index (κ1) is 19.4. The standard InChI is InChI=1S/C18H22N4O.ClH.H2O/c1-11-8-14(12(2)23-11)15-9-16-17(20-15)10-19-18(21-16)13-4-6-22(3)7-5-13;;/h8-10,13,20H,4-7H2,1-3H3;1H;1H2. The van der Waals surface area contributed by atoms with Gasteiger partial charge in [0, 0.05) is 11.5 Å². The van der Waals surface area contributed by atoms with Crippen molar-refractivity contribution >= 4 is 23.4 Å². The Morgan fingerprint density at radius 3 is 2.56 bits per heavy atom. The van der Waals surface area contributed by atoms with Crippen LogP contribution in [-0.4, -0.2) is 45.5 Å². The summed E-state index contributed by atoms with van der Waals surface area (Å²) in [7, 11) is 2.17. The molecule has 1 aliphatic heterocycles. The van der Waals surface area contributed by atoms with Crippen LogP contribution in [0.2, 0.25) is 0 Å². The fourth-order valence-corrected chi connectivity index (χ4v) is 3.44. The molecule has 4 heterocycles. The van der Waals surface area contributed by atoms with Crippen LogP contribution in [0.4, 0.5) is 0 Å². The summed E-state index contributed by atoms with van der Waals surface area (Å²) >= 11 is 0. The maximum Gasteiger partial charge on any atom is 0.132 e. The zero-order valence-corrected chi connectivity index (χ0v) is 15.6. The van der Waals surface area contributed by atoms with Crippen molar-refractivity contribution in [1.29, 1.82) is 0 Å². The van der Waals surface area contributed by atoms with E-state index in [2.05, 4.69) is 34.0 Å². The average molecular weight is 365 g/mol. The number of hydrogen-bond acceptors (Lipinski definition) is 4. The number of H-pyrrole nitrogens is 1. The lowest BCUT2D eigenvalue weighted by atomic mass is 9.96. The summed E-state index contributed by atoms with van der Waals surface area (Å²) in [5.74, 6) is 3.31. The first-order valence-corrected chi connectivity index (χ1v) is 8.22. The van der Waals surface area contributed by atoms with Gasteiger partial charge in [0.1, 0.15) is 17.3 Å². The van der Waals surface area contributed by atoms with Gasteiger partial charge in [-0.15, -0.1) is 12.4 Å². The molecule has 136 valence electrons. The summed E-state index contributed by atoms with van der Waals surface area (Å²) in [6, 6.07) is 4.16. The number of fused-ring (bicyclic) bond motifs is 1. The molecule has 0 bridgehead atoms. The molecular weight excluding hydrogens is 340 g/mol. The van der Waals surface area contributed by atoms with E-state index in [4.69, 9.17) is 9.40 Å². The van der Waals surface area contributed by atoms with Gasteiger partial charge in [0.2, 0.25) is 0 Å². The molecule has 3 N–H and O–H groups in total. The third-order valence-electron chi connectivity index (χ3n) is 4.80. The normalized spacial score (nSPS) is 15.8. The maximum absolute atomic E-state index is 5.63. The van der Waals surface area contributed by atoms with Gasteiger partial charge < -0.3 is 19.8 Å². The fraction of sp³-hybridized carbons (Fsp3) is 0.444. The summed E-state index contributed by atoms with van der Waals surface area (Å²) in [4.78, 5) is 15.2. The first-order chi connectivity index (χ1) is 11.1. The van der Waals surface area contributed by atoms with Crippen LogP contribution in [0.5, 0.6) is 0 Å². The van der Waals surface area contributed by atoms with Gasteiger partial charge in [0.15, 0.2) is 0 Å². The highest BCUT2D eigenvalue weighted by Crippen LogP contribution is 2.30. The maximum atomic E-state index is 5.63. The highest BCUT2D eigenvalue weighted by Gasteiger charge is 2.21. The molecule has 4 rings (SSSR count). The van der Waals surface area contributed by atoms with E-state index in [1.165, 1.54) is 0 Å². The van der Waals surface area contributed by atoms with Gasteiger partial charge in [0.25, 0.3) is 0 Å². The van der Waals surface area contributed by atoms with Crippen LogP contribution in [0.3, 0.4) is 0 Å². The van der Waals surface area contributed by atoms with Crippen LogP contribution in [0, 0.1) is 13.8 Å². The topological polar surface area (TPSA) is 89.5 Å². The third kappa shape index (κ3) is 3.71. The van der Waals surface area contributed by atoms with Gasteiger partial charge in [0.05, 0.1) is 22.9 Å². The van der Waals surface area contributed by atoms with Crippen molar-refractivity contribution in [1.82, 2.24) is 19.9 Å².